The number of carbonyl (C=O) groups is 1. The number of rotatable bonds is 4. The zero-order chi connectivity index (χ0) is 19.9. The summed E-state index contributed by atoms with van der Waals surface area (Å²) >= 11 is 0. The van der Waals surface area contributed by atoms with E-state index in [2.05, 4.69) is 0 Å². The number of fused-ring (bicyclic) bond motifs is 1. The summed E-state index contributed by atoms with van der Waals surface area (Å²) in [6, 6.07) is 16.6. The van der Waals surface area contributed by atoms with Gasteiger partial charge in [0.1, 0.15) is 5.75 Å². The van der Waals surface area contributed by atoms with Crippen LogP contribution in [0.15, 0.2) is 54.6 Å². The van der Waals surface area contributed by atoms with Crippen LogP contribution >= 0.6 is 0 Å². The van der Waals surface area contributed by atoms with Gasteiger partial charge in [0.2, 0.25) is 10.0 Å². The van der Waals surface area contributed by atoms with Gasteiger partial charge in [0, 0.05) is 31.1 Å². The molecule has 0 unspecified atom stereocenters. The lowest BCUT2D eigenvalue weighted by atomic mass is 9.90. The van der Waals surface area contributed by atoms with Crippen molar-refractivity contribution in [3.8, 4) is 5.75 Å². The topological polar surface area (TPSA) is 66.9 Å². The van der Waals surface area contributed by atoms with E-state index in [0.717, 1.165) is 5.56 Å². The van der Waals surface area contributed by atoms with Crippen LogP contribution in [0.4, 0.5) is 0 Å². The molecule has 28 heavy (non-hydrogen) atoms. The van der Waals surface area contributed by atoms with Gasteiger partial charge in [-0.25, -0.2) is 8.42 Å². The minimum Gasteiger partial charge on any atom is -0.497 e. The largest absolute Gasteiger partial charge is 0.497 e. The van der Waals surface area contributed by atoms with Crippen LogP contribution in [0.25, 0.3) is 0 Å². The third kappa shape index (κ3) is 3.40. The molecule has 148 valence electrons. The molecule has 0 spiro atoms. The van der Waals surface area contributed by atoms with E-state index >= 15 is 0 Å². The number of hydrogen-bond acceptors (Lipinski definition) is 4. The molecule has 2 aromatic carbocycles. The molecule has 2 aromatic rings. The third-order valence-corrected chi connectivity index (χ3v) is 7.02. The fraction of sp³-hybridized carbons (Fsp3) is 0.381. The second-order valence-corrected chi connectivity index (χ2v) is 9.49. The number of carbonyl (C=O) groups excluding carboxylic acids is 1. The van der Waals surface area contributed by atoms with E-state index in [9.17, 15) is 13.2 Å². The lowest BCUT2D eigenvalue weighted by Crippen LogP contribution is -2.37. The predicted octanol–water partition coefficient (Wildman–Crippen LogP) is 2.40. The van der Waals surface area contributed by atoms with Gasteiger partial charge in [0.05, 0.1) is 19.4 Å². The van der Waals surface area contributed by atoms with Crippen molar-refractivity contribution in [1.82, 2.24) is 9.21 Å². The van der Waals surface area contributed by atoms with E-state index in [4.69, 9.17) is 4.74 Å². The van der Waals surface area contributed by atoms with E-state index in [1.807, 2.05) is 41.3 Å². The molecule has 0 radical (unpaired) electrons. The molecule has 0 bridgehead atoms. The van der Waals surface area contributed by atoms with Crippen LogP contribution in [0.3, 0.4) is 0 Å². The Morgan fingerprint density at radius 1 is 1.04 bits per heavy atom. The molecule has 2 aliphatic heterocycles. The first kappa shape index (κ1) is 19.0. The third-order valence-electron chi connectivity index (χ3n) is 5.79. The van der Waals surface area contributed by atoms with Crippen LogP contribution < -0.4 is 4.74 Å². The minimum atomic E-state index is -3.33. The van der Waals surface area contributed by atoms with Gasteiger partial charge in [-0.15, -0.1) is 0 Å². The lowest BCUT2D eigenvalue weighted by Gasteiger charge is -2.28. The first-order valence-electron chi connectivity index (χ1n) is 9.33. The quantitative estimate of drug-likeness (QED) is 0.790. The van der Waals surface area contributed by atoms with Crippen LogP contribution in [0, 0.1) is 11.8 Å². The van der Waals surface area contributed by atoms with Crippen LogP contribution in [-0.4, -0.2) is 56.5 Å². The van der Waals surface area contributed by atoms with Crippen molar-refractivity contribution in [3.05, 3.63) is 65.7 Å². The Labute approximate surface area is 165 Å². The monoisotopic (exact) mass is 400 g/mol. The highest BCUT2D eigenvalue weighted by atomic mass is 32.2. The van der Waals surface area contributed by atoms with E-state index in [1.54, 1.807) is 29.6 Å². The first-order chi connectivity index (χ1) is 13.4. The van der Waals surface area contributed by atoms with Gasteiger partial charge in [0.25, 0.3) is 5.91 Å². The number of methoxy groups -OCH3 is 1. The number of hydrogen-bond donors (Lipinski definition) is 0. The Morgan fingerprint density at radius 3 is 2.46 bits per heavy atom. The van der Waals surface area contributed by atoms with Gasteiger partial charge in [0.15, 0.2) is 0 Å². The SMILES string of the molecule is COc1cccc(C(=O)N2C[C@@H]3CN(S(C)(=O)=O)[C@@H](c4ccccc4)[C@@H]3C2)c1. The average molecular weight is 401 g/mol. The van der Waals surface area contributed by atoms with Crippen molar-refractivity contribution in [2.75, 3.05) is 33.0 Å². The average Bonchev–Trinajstić information content (AvgIpc) is 3.26. The van der Waals surface area contributed by atoms with E-state index in [0.29, 0.717) is 30.9 Å². The summed E-state index contributed by atoms with van der Waals surface area (Å²) in [6.07, 6.45) is 1.27. The predicted molar refractivity (Wildman–Crippen MR) is 107 cm³/mol. The number of amides is 1. The van der Waals surface area contributed by atoms with Crippen molar-refractivity contribution in [2.24, 2.45) is 11.8 Å². The number of benzene rings is 2. The molecule has 6 nitrogen and oxygen atoms in total. The van der Waals surface area contributed by atoms with Crippen LogP contribution in [0.1, 0.15) is 22.0 Å². The Bertz CT molecular complexity index is 977. The molecule has 1 amide bonds. The first-order valence-corrected chi connectivity index (χ1v) is 11.2. The molecule has 7 heteroatoms. The number of ether oxygens (including phenoxy) is 1. The molecular weight excluding hydrogens is 376 g/mol. The standard InChI is InChI=1S/C21H24N2O4S/c1-27-18-10-6-9-16(11-18)21(24)22-12-17-13-23(28(2,25)26)20(19(17)14-22)15-7-4-3-5-8-15/h3-11,17,19-20H,12-14H2,1-2H3/t17-,19-,20+/m1/s1. The fourth-order valence-corrected chi connectivity index (χ4v) is 5.67. The summed E-state index contributed by atoms with van der Waals surface area (Å²) in [5.74, 6) is 0.836. The van der Waals surface area contributed by atoms with Crippen molar-refractivity contribution in [2.45, 2.75) is 6.04 Å². The maximum Gasteiger partial charge on any atom is 0.254 e. The van der Waals surface area contributed by atoms with Gasteiger partial charge in [-0.3, -0.25) is 4.79 Å². The van der Waals surface area contributed by atoms with Gasteiger partial charge < -0.3 is 9.64 Å². The van der Waals surface area contributed by atoms with Crippen LogP contribution in [0.2, 0.25) is 0 Å². The van der Waals surface area contributed by atoms with Crippen molar-refractivity contribution in [3.63, 3.8) is 0 Å². The van der Waals surface area contributed by atoms with Gasteiger partial charge in [-0.1, -0.05) is 36.4 Å². The van der Waals surface area contributed by atoms with Crippen molar-refractivity contribution in [1.29, 1.82) is 0 Å². The number of nitrogens with zero attached hydrogens (tertiary/aromatic N) is 2. The second-order valence-electron chi connectivity index (χ2n) is 7.55. The molecule has 2 aliphatic rings. The van der Waals surface area contributed by atoms with Crippen molar-refractivity contribution >= 4 is 15.9 Å². The lowest BCUT2D eigenvalue weighted by molar-refractivity contribution is 0.0773. The maximum atomic E-state index is 13.0. The second kappa shape index (κ2) is 7.22. The van der Waals surface area contributed by atoms with Crippen molar-refractivity contribution < 1.29 is 17.9 Å². The Kier molecular flexibility index (Phi) is 4.89. The van der Waals surface area contributed by atoms with Gasteiger partial charge in [-0.2, -0.15) is 4.31 Å². The molecule has 2 heterocycles. The fourth-order valence-electron chi connectivity index (χ4n) is 4.52. The van der Waals surface area contributed by atoms with Crippen LogP contribution in [-0.2, 0) is 10.0 Å². The summed E-state index contributed by atoms with van der Waals surface area (Å²) in [6.45, 7) is 1.56. The van der Waals surface area contributed by atoms with Gasteiger partial charge >= 0.3 is 0 Å². The zero-order valence-corrected chi connectivity index (χ0v) is 16.8. The number of likely N-dealkylation sites (tertiary alicyclic amines) is 1. The Hall–Kier alpha value is -2.38. The van der Waals surface area contributed by atoms with Gasteiger partial charge in [-0.05, 0) is 29.7 Å². The summed E-state index contributed by atoms with van der Waals surface area (Å²) in [5, 5.41) is 0. The molecule has 0 N–H and O–H groups in total. The minimum absolute atomic E-state index is 0.0361. The highest BCUT2D eigenvalue weighted by Crippen LogP contribution is 2.46. The Morgan fingerprint density at radius 2 is 1.79 bits per heavy atom. The molecular formula is C21H24N2O4S. The molecule has 0 aliphatic carbocycles. The van der Waals surface area contributed by atoms with Crippen LogP contribution in [0.5, 0.6) is 5.75 Å². The van der Waals surface area contributed by atoms with E-state index in [1.165, 1.54) is 6.26 Å². The molecule has 0 aromatic heterocycles. The summed E-state index contributed by atoms with van der Waals surface area (Å²) in [4.78, 5) is 14.9. The zero-order valence-electron chi connectivity index (χ0n) is 16.0. The summed E-state index contributed by atoms with van der Waals surface area (Å²) in [5.41, 5.74) is 1.58. The molecule has 3 atom stereocenters. The molecule has 2 fully saturated rings. The maximum absolute atomic E-state index is 13.0. The van der Waals surface area contributed by atoms with E-state index < -0.39 is 10.0 Å². The molecule has 2 saturated heterocycles. The van der Waals surface area contributed by atoms with E-state index in [-0.39, 0.29) is 23.8 Å². The molecule has 4 rings (SSSR count). The summed E-state index contributed by atoms with van der Waals surface area (Å²) in [7, 11) is -1.75. The smallest absolute Gasteiger partial charge is 0.254 e. The number of sulfonamides is 1. The summed E-state index contributed by atoms with van der Waals surface area (Å²) < 4.78 is 31.6. The highest BCUT2D eigenvalue weighted by molar-refractivity contribution is 7.88. The Balaban J connectivity index is 1.60. The highest BCUT2D eigenvalue weighted by Gasteiger charge is 2.51. The normalized spacial score (nSPS) is 24.9. The molecule has 0 saturated carbocycles.